The summed E-state index contributed by atoms with van der Waals surface area (Å²) in [5.41, 5.74) is 0.480. The zero-order valence-electron chi connectivity index (χ0n) is 15.8. The largest absolute Gasteiger partial charge is 0.486 e. The Hall–Kier alpha value is -3.88. The Morgan fingerprint density at radius 1 is 1.00 bits per heavy atom. The number of amides is 3. The molecule has 0 aliphatic carbocycles. The molecule has 2 aromatic rings. The fourth-order valence-electron chi connectivity index (χ4n) is 3.15. The highest BCUT2D eigenvalue weighted by Crippen LogP contribution is 2.30. The standard InChI is InChI=1S/C21H18N2O7/c24-18(22-9-13-11-28-16-7-3-4-8-17(16)30-13)12-29-19(25)10-23-20(26)14-5-1-2-6-15(14)21(23)27/h1-8,13H,9-12H2,(H,22,24)/t13-/m1/s1. The molecule has 0 aromatic heterocycles. The highest BCUT2D eigenvalue weighted by Gasteiger charge is 2.36. The Labute approximate surface area is 171 Å². The number of rotatable bonds is 6. The third kappa shape index (κ3) is 3.95. The van der Waals surface area contributed by atoms with E-state index >= 15 is 0 Å². The lowest BCUT2D eigenvalue weighted by Crippen LogP contribution is -2.42. The molecule has 0 saturated heterocycles. The van der Waals surface area contributed by atoms with Crippen molar-refractivity contribution in [3.63, 3.8) is 0 Å². The zero-order chi connectivity index (χ0) is 21.1. The quantitative estimate of drug-likeness (QED) is 0.553. The third-order valence-corrected chi connectivity index (χ3v) is 4.62. The van der Waals surface area contributed by atoms with Crippen molar-refractivity contribution in [2.75, 3.05) is 26.3 Å². The number of carbonyl (C=O) groups is 4. The van der Waals surface area contributed by atoms with Crippen LogP contribution in [-0.4, -0.2) is 61.0 Å². The van der Waals surface area contributed by atoms with Gasteiger partial charge in [-0.05, 0) is 24.3 Å². The lowest BCUT2D eigenvalue weighted by Gasteiger charge is -2.26. The van der Waals surface area contributed by atoms with Crippen LogP contribution in [0.15, 0.2) is 48.5 Å². The van der Waals surface area contributed by atoms with Crippen LogP contribution in [0.2, 0.25) is 0 Å². The molecule has 4 rings (SSSR count). The average molecular weight is 410 g/mol. The van der Waals surface area contributed by atoms with Crippen LogP contribution in [0.25, 0.3) is 0 Å². The first-order valence-corrected chi connectivity index (χ1v) is 9.29. The van der Waals surface area contributed by atoms with Crippen molar-refractivity contribution in [2.24, 2.45) is 0 Å². The van der Waals surface area contributed by atoms with E-state index < -0.39 is 36.8 Å². The fraction of sp³-hybridized carbons (Fsp3) is 0.238. The number of ether oxygens (including phenoxy) is 3. The number of imide groups is 1. The number of esters is 1. The number of fused-ring (bicyclic) bond motifs is 2. The van der Waals surface area contributed by atoms with Gasteiger partial charge >= 0.3 is 5.97 Å². The van der Waals surface area contributed by atoms with Crippen LogP contribution in [0, 0.1) is 0 Å². The second-order valence-corrected chi connectivity index (χ2v) is 6.70. The summed E-state index contributed by atoms with van der Waals surface area (Å²) in [4.78, 5) is 49.2. The molecule has 2 aliphatic heterocycles. The van der Waals surface area contributed by atoms with Crippen LogP contribution in [0.4, 0.5) is 0 Å². The molecule has 2 aromatic carbocycles. The number of hydrogen-bond acceptors (Lipinski definition) is 7. The van der Waals surface area contributed by atoms with E-state index in [0.29, 0.717) is 11.5 Å². The molecule has 30 heavy (non-hydrogen) atoms. The molecule has 3 amide bonds. The van der Waals surface area contributed by atoms with Gasteiger partial charge in [-0.1, -0.05) is 24.3 Å². The van der Waals surface area contributed by atoms with Gasteiger partial charge in [0.15, 0.2) is 18.1 Å². The predicted molar refractivity (Wildman–Crippen MR) is 102 cm³/mol. The number of hydrogen-bond donors (Lipinski definition) is 1. The molecule has 0 radical (unpaired) electrons. The summed E-state index contributed by atoms with van der Waals surface area (Å²) < 4.78 is 16.2. The molecular formula is C21H18N2O7. The van der Waals surface area contributed by atoms with E-state index in [1.165, 1.54) is 12.1 Å². The lowest BCUT2D eigenvalue weighted by molar-refractivity contribution is -0.148. The van der Waals surface area contributed by atoms with Crippen LogP contribution >= 0.6 is 0 Å². The van der Waals surface area contributed by atoms with E-state index in [2.05, 4.69) is 5.32 Å². The highest BCUT2D eigenvalue weighted by molar-refractivity contribution is 6.22. The Kier molecular flexibility index (Phi) is 5.34. The first kappa shape index (κ1) is 19.4. The third-order valence-electron chi connectivity index (χ3n) is 4.62. The maximum atomic E-state index is 12.2. The second kappa shape index (κ2) is 8.24. The molecule has 154 valence electrons. The highest BCUT2D eigenvalue weighted by atomic mass is 16.6. The van der Waals surface area contributed by atoms with Gasteiger partial charge in [0.1, 0.15) is 19.3 Å². The normalized spacial score (nSPS) is 16.8. The summed E-state index contributed by atoms with van der Waals surface area (Å²) in [5, 5.41) is 2.60. The Morgan fingerprint density at radius 3 is 2.33 bits per heavy atom. The number of nitrogens with one attached hydrogen (secondary N) is 1. The van der Waals surface area contributed by atoms with Gasteiger partial charge in [-0.15, -0.1) is 0 Å². The topological polar surface area (TPSA) is 111 Å². The van der Waals surface area contributed by atoms with Crippen LogP contribution in [0.5, 0.6) is 11.5 Å². The fourth-order valence-corrected chi connectivity index (χ4v) is 3.15. The van der Waals surface area contributed by atoms with Crippen molar-refractivity contribution >= 4 is 23.7 Å². The van der Waals surface area contributed by atoms with Crippen LogP contribution in [-0.2, 0) is 14.3 Å². The minimum Gasteiger partial charge on any atom is -0.486 e. The van der Waals surface area contributed by atoms with Gasteiger partial charge in [0, 0.05) is 0 Å². The molecule has 1 N–H and O–H groups in total. The van der Waals surface area contributed by atoms with E-state index in [1.807, 2.05) is 12.1 Å². The van der Waals surface area contributed by atoms with Gasteiger partial charge in [-0.2, -0.15) is 0 Å². The van der Waals surface area contributed by atoms with E-state index in [0.717, 1.165) is 4.90 Å². The van der Waals surface area contributed by atoms with E-state index in [-0.39, 0.29) is 30.4 Å². The van der Waals surface area contributed by atoms with Crippen molar-refractivity contribution in [3.8, 4) is 11.5 Å². The van der Waals surface area contributed by atoms with Gasteiger partial charge in [0.25, 0.3) is 17.7 Å². The van der Waals surface area contributed by atoms with Gasteiger partial charge in [-0.3, -0.25) is 24.1 Å². The smallest absolute Gasteiger partial charge is 0.326 e. The average Bonchev–Trinajstić information content (AvgIpc) is 3.01. The van der Waals surface area contributed by atoms with Gasteiger partial charge < -0.3 is 19.5 Å². The second-order valence-electron chi connectivity index (χ2n) is 6.70. The predicted octanol–water partition coefficient (Wildman–Crippen LogP) is 0.782. The van der Waals surface area contributed by atoms with Gasteiger partial charge in [0.2, 0.25) is 0 Å². The van der Waals surface area contributed by atoms with Gasteiger partial charge in [0.05, 0.1) is 17.7 Å². The first-order valence-electron chi connectivity index (χ1n) is 9.29. The monoisotopic (exact) mass is 410 g/mol. The molecular weight excluding hydrogens is 392 g/mol. The van der Waals surface area contributed by atoms with E-state index in [4.69, 9.17) is 14.2 Å². The molecule has 0 unspecified atom stereocenters. The van der Waals surface area contributed by atoms with Crippen molar-refractivity contribution in [1.29, 1.82) is 0 Å². The minimum atomic E-state index is -0.856. The molecule has 9 nitrogen and oxygen atoms in total. The number of carbonyl (C=O) groups excluding carboxylic acids is 4. The molecule has 0 bridgehead atoms. The molecule has 0 spiro atoms. The number of benzene rings is 2. The van der Waals surface area contributed by atoms with E-state index in [9.17, 15) is 19.2 Å². The number of nitrogens with zero attached hydrogens (tertiary/aromatic N) is 1. The van der Waals surface area contributed by atoms with Crippen molar-refractivity contribution in [3.05, 3.63) is 59.7 Å². The number of para-hydroxylation sites is 2. The van der Waals surface area contributed by atoms with Crippen LogP contribution in [0.3, 0.4) is 0 Å². The first-order chi connectivity index (χ1) is 14.5. The molecule has 2 aliphatic rings. The van der Waals surface area contributed by atoms with Gasteiger partial charge in [-0.25, -0.2) is 0 Å². The van der Waals surface area contributed by atoms with Crippen molar-refractivity contribution in [1.82, 2.24) is 10.2 Å². The van der Waals surface area contributed by atoms with Crippen LogP contribution < -0.4 is 14.8 Å². The summed E-state index contributed by atoms with van der Waals surface area (Å²) >= 11 is 0. The summed E-state index contributed by atoms with van der Waals surface area (Å²) in [6.45, 7) is -0.651. The summed E-state index contributed by atoms with van der Waals surface area (Å²) in [5.74, 6) is -1.28. The molecule has 0 saturated carbocycles. The molecule has 0 fully saturated rings. The SMILES string of the molecule is O=C(COC(=O)CN1C(=O)c2ccccc2C1=O)NC[C@@H]1COc2ccccc2O1. The van der Waals surface area contributed by atoms with Crippen molar-refractivity contribution < 1.29 is 33.4 Å². The Morgan fingerprint density at radius 2 is 1.63 bits per heavy atom. The maximum absolute atomic E-state index is 12.2. The maximum Gasteiger partial charge on any atom is 0.326 e. The van der Waals surface area contributed by atoms with Crippen LogP contribution in [0.1, 0.15) is 20.7 Å². The zero-order valence-corrected chi connectivity index (χ0v) is 15.8. The molecule has 1 atom stereocenters. The van der Waals surface area contributed by atoms with E-state index in [1.54, 1.807) is 24.3 Å². The molecule has 2 heterocycles. The summed E-state index contributed by atoms with van der Waals surface area (Å²) in [6, 6.07) is 13.5. The Balaban J connectivity index is 1.21. The summed E-state index contributed by atoms with van der Waals surface area (Å²) in [7, 11) is 0. The van der Waals surface area contributed by atoms with Crippen molar-refractivity contribution in [2.45, 2.75) is 6.10 Å². The Bertz CT molecular complexity index is 985. The lowest BCUT2D eigenvalue weighted by atomic mass is 10.1. The minimum absolute atomic E-state index is 0.170. The summed E-state index contributed by atoms with van der Waals surface area (Å²) in [6.07, 6.45) is -0.377. The molecule has 9 heteroatoms.